The lowest BCUT2D eigenvalue weighted by Crippen LogP contribution is -2.28. The molecule has 3 N–H and O–H groups in total. The number of aromatic hydroxyl groups is 1. The number of hydrogen-bond acceptors (Lipinski definition) is 3. The summed E-state index contributed by atoms with van der Waals surface area (Å²) in [6.45, 7) is 0.454. The van der Waals surface area contributed by atoms with Crippen LogP contribution in [0.4, 0.5) is 0 Å². The maximum absolute atomic E-state index is 9.20. The molecule has 4 heteroatoms. The predicted octanol–water partition coefficient (Wildman–Crippen LogP) is 2.76. The molecule has 102 valence electrons. The molecule has 0 heterocycles. The Kier molecular flexibility index (Phi) is 6.19. The van der Waals surface area contributed by atoms with Crippen LogP contribution in [-0.4, -0.2) is 17.8 Å². The van der Waals surface area contributed by atoms with Crippen molar-refractivity contribution in [2.45, 2.75) is 12.5 Å². The van der Waals surface area contributed by atoms with Crippen molar-refractivity contribution in [2.24, 2.45) is 5.73 Å². The van der Waals surface area contributed by atoms with Crippen molar-refractivity contribution in [3.63, 3.8) is 0 Å². The summed E-state index contributed by atoms with van der Waals surface area (Å²) in [5.74, 6) is 0.953. The van der Waals surface area contributed by atoms with Crippen LogP contribution >= 0.6 is 12.4 Å². The maximum atomic E-state index is 9.20. The topological polar surface area (TPSA) is 55.5 Å². The van der Waals surface area contributed by atoms with E-state index in [2.05, 4.69) is 12.1 Å². The number of nitrogens with two attached hydrogens (primary N) is 1. The minimum atomic E-state index is -0.0584. The number of phenolic OH excluding ortho intramolecular Hbond substituents is 1. The molecule has 0 aliphatic heterocycles. The molecule has 2 aromatic carbocycles. The van der Waals surface area contributed by atoms with E-state index in [1.54, 1.807) is 24.3 Å². The van der Waals surface area contributed by atoms with Crippen LogP contribution in [-0.2, 0) is 6.42 Å². The molecule has 0 saturated carbocycles. The first-order chi connectivity index (χ1) is 8.78. The summed E-state index contributed by atoms with van der Waals surface area (Å²) >= 11 is 0. The Morgan fingerprint density at radius 1 is 1.00 bits per heavy atom. The highest BCUT2D eigenvalue weighted by Crippen LogP contribution is 2.18. The van der Waals surface area contributed by atoms with Crippen molar-refractivity contribution < 1.29 is 9.84 Å². The van der Waals surface area contributed by atoms with Crippen LogP contribution < -0.4 is 10.5 Å². The van der Waals surface area contributed by atoms with Crippen molar-refractivity contribution >= 4 is 12.4 Å². The van der Waals surface area contributed by atoms with Gasteiger partial charge in [-0.1, -0.05) is 30.3 Å². The van der Waals surface area contributed by atoms with Crippen LogP contribution in [0.25, 0.3) is 0 Å². The molecule has 0 fully saturated rings. The number of ether oxygens (including phenoxy) is 1. The fraction of sp³-hybridized carbons (Fsp3) is 0.200. The van der Waals surface area contributed by atoms with Crippen molar-refractivity contribution in [1.82, 2.24) is 0 Å². The van der Waals surface area contributed by atoms with E-state index < -0.39 is 0 Å². The minimum Gasteiger partial charge on any atom is -0.508 e. The van der Waals surface area contributed by atoms with Crippen LogP contribution in [0.5, 0.6) is 11.5 Å². The molecule has 0 radical (unpaired) electrons. The van der Waals surface area contributed by atoms with Crippen LogP contribution in [0.1, 0.15) is 5.56 Å². The second kappa shape index (κ2) is 7.67. The first kappa shape index (κ1) is 15.3. The van der Waals surface area contributed by atoms with E-state index in [1.165, 1.54) is 5.56 Å². The highest BCUT2D eigenvalue weighted by atomic mass is 35.5. The van der Waals surface area contributed by atoms with Gasteiger partial charge in [0, 0.05) is 13.0 Å². The summed E-state index contributed by atoms with van der Waals surface area (Å²) in [6, 6.07) is 16.8. The van der Waals surface area contributed by atoms with Gasteiger partial charge in [0.15, 0.2) is 0 Å². The van der Waals surface area contributed by atoms with Crippen LogP contribution in [0.3, 0.4) is 0 Å². The minimum absolute atomic E-state index is 0. The lowest BCUT2D eigenvalue weighted by atomic mass is 10.1. The Hall–Kier alpha value is -1.71. The molecule has 2 aromatic rings. The van der Waals surface area contributed by atoms with Crippen molar-refractivity contribution in [2.75, 3.05) is 6.54 Å². The maximum Gasteiger partial charge on any atom is 0.120 e. The zero-order chi connectivity index (χ0) is 12.8. The molecule has 0 amide bonds. The largest absolute Gasteiger partial charge is 0.508 e. The van der Waals surface area contributed by atoms with Crippen LogP contribution in [0.2, 0.25) is 0 Å². The van der Waals surface area contributed by atoms with Gasteiger partial charge in [0.05, 0.1) is 0 Å². The fourth-order valence-corrected chi connectivity index (χ4v) is 1.77. The second-order valence-electron chi connectivity index (χ2n) is 4.16. The van der Waals surface area contributed by atoms with E-state index in [4.69, 9.17) is 10.5 Å². The summed E-state index contributed by atoms with van der Waals surface area (Å²) < 4.78 is 5.79. The molecule has 1 atom stereocenters. The third-order valence-electron chi connectivity index (χ3n) is 2.71. The highest BCUT2D eigenvalue weighted by molar-refractivity contribution is 5.85. The fourth-order valence-electron chi connectivity index (χ4n) is 1.77. The Bertz CT molecular complexity index is 473. The van der Waals surface area contributed by atoms with Gasteiger partial charge in [0.2, 0.25) is 0 Å². The molecule has 0 aromatic heterocycles. The smallest absolute Gasteiger partial charge is 0.120 e. The second-order valence-corrected chi connectivity index (χ2v) is 4.16. The third-order valence-corrected chi connectivity index (χ3v) is 2.71. The van der Waals surface area contributed by atoms with Gasteiger partial charge in [-0.05, 0) is 29.8 Å². The number of benzene rings is 2. The molecule has 0 saturated heterocycles. The summed E-state index contributed by atoms with van der Waals surface area (Å²) in [4.78, 5) is 0. The molecule has 19 heavy (non-hydrogen) atoms. The van der Waals surface area contributed by atoms with E-state index in [0.717, 1.165) is 12.2 Å². The van der Waals surface area contributed by atoms with E-state index in [-0.39, 0.29) is 24.3 Å². The zero-order valence-corrected chi connectivity index (χ0v) is 11.3. The Morgan fingerprint density at radius 3 is 2.21 bits per heavy atom. The van der Waals surface area contributed by atoms with Gasteiger partial charge in [-0.15, -0.1) is 12.4 Å². The molecule has 0 aliphatic rings. The summed E-state index contributed by atoms with van der Waals surface area (Å²) in [6.07, 6.45) is 0.718. The van der Waals surface area contributed by atoms with Crippen LogP contribution in [0, 0.1) is 0 Å². The average Bonchev–Trinajstić information content (AvgIpc) is 2.41. The first-order valence-electron chi connectivity index (χ1n) is 5.97. The van der Waals surface area contributed by atoms with Crippen molar-refractivity contribution in [3.8, 4) is 11.5 Å². The average molecular weight is 280 g/mol. The van der Waals surface area contributed by atoms with Crippen LogP contribution in [0.15, 0.2) is 54.6 Å². The van der Waals surface area contributed by atoms with E-state index in [1.807, 2.05) is 18.2 Å². The SMILES string of the molecule is Cl.NCC(Cc1ccccc1)Oc1ccc(O)cc1. The van der Waals surface area contributed by atoms with Crippen molar-refractivity contribution in [1.29, 1.82) is 0 Å². The van der Waals surface area contributed by atoms with E-state index in [0.29, 0.717) is 6.54 Å². The number of hydrogen-bond donors (Lipinski definition) is 2. The normalized spacial score (nSPS) is 11.4. The quantitative estimate of drug-likeness (QED) is 0.885. The number of phenols is 1. The number of halogens is 1. The van der Waals surface area contributed by atoms with Crippen molar-refractivity contribution in [3.05, 3.63) is 60.2 Å². The lowest BCUT2D eigenvalue weighted by molar-refractivity contribution is 0.209. The van der Waals surface area contributed by atoms with Gasteiger partial charge < -0.3 is 15.6 Å². The zero-order valence-electron chi connectivity index (χ0n) is 10.5. The molecule has 1 unspecified atom stereocenters. The van der Waals surface area contributed by atoms with Gasteiger partial charge in [-0.25, -0.2) is 0 Å². The molecule has 3 nitrogen and oxygen atoms in total. The Morgan fingerprint density at radius 2 is 1.63 bits per heavy atom. The third kappa shape index (κ3) is 4.81. The molecule has 0 spiro atoms. The number of rotatable bonds is 5. The molecule has 2 rings (SSSR count). The monoisotopic (exact) mass is 279 g/mol. The highest BCUT2D eigenvalue weighted by Gasteiger charge is 2.09. The summed E-state index contributed by atoms with van der Waals surface area (Å²) in [5.41, 5.74) is 6.92. The predicted molar refractivity (Wildman–Crippen MR) is 79.0 cm³/mol. The molecule has 0 aliphatic carbocycles. The standard InChI is InChI=1S/C15H17NO2.ClH/c16-11-15(10-12-4-2-1-3-5-12)18-14-8-6-13(17)7-9-14;/h1-9,15,17H,10-11,16H2;1H. The Labute approximate surface area is 119 Å². The first-order valence-corrected chi connectivity index (χ1v) is 5.97. The van der Waals surface area contributed by atoms with Gasteiger partial charge in [0.25, 0.3) is 0 Å². The molecular weight excluding hydrogens is 262 g/mol. The van der Waals surface area contributed by atoms with Gasteiger partial charge in [-0.2, -0.15) is 0 Å². The Balaban J connectivity index is 0.00000180. The molecular formula is C15H18ClNO2. The van der Waals surface area contributed by atoms with E-state index in [9.17, 15) is 5.11 Å². The van der Waals surface area contributed by atoms with E-state index >= 15 is 0 Å². The van der Waals surface area contributed by atoms with Gasteiger partial charge in [-0.3, -0.25) is 0 Å². The molecule has 0 bridgehead atoms. The summed E-state index contributed by atoms with van der Waals surface area (Å²) in [7, 11) is 0. The lowest BCUT2D eigenvalue weighted by Gasteiger charge is -2.17. The van der Waals surface area contributed by atoms with Gasteiger partial charge >= 0.3 is 0 Å². The summed E-state index contributed by atoms with van der Waals surface area (Å²) in [5, 5.41) is 9.20. The van der Waals surface area contributed by atoms with Gasteiger partial charge in [0.1, 0.15) is 17.6 Å².